The lowest BCUT2D eigenvalue weighted by atomic mass is 9.99. The summed E-state index contributed by atoms with van der Waals surface area (Å²) < 4.78 is 27.1. The monoisotopic (exact) mass is 317 g/mol. The number of rotatable bonds is 5. The van der Waals surface area contributed by atoms with E-state index in [0.29, 0.717) is 23.3 Å². The predicted octanol–water partition coefficient (Wildman–Crippen LogP) is 2.47. The van der Waals surface area contributed by atoms with Crippen LogP contribution in [0.5, 0.6) is 0 Å². The number of carboxylic acids is 1. The fourth-order valence-electron chi connectivity index (χ4n) is 2.66. The van der Waals surface area contributed by atoms with Crippen molar-refractivity contribution in [2.75, 3.05) is 6.54 Å². The molecule has 20 heavy (non-hydrogen) atoms. The third kappa shape index (κ3) is 3.21. The molecular weight excluding hydrogens is 298 g/mol. The van der Waals surface area contributed by atoms with Crippen LogP contribution < -0.4 is 4.72 Å². The molecule has 2 atom stereocenters. The van der Waals surface area contributed by atoms with Crippen molar-refractivity contribution in [1.29, 1.82) is 0 Å². The molecule has 1 saturated carbocycles. The van der Waals surface area contributed by atoms with Crippen LogP contribution in [0.25, 0.3) is 0 Å². The molecule has 0 radical (unpaired) electrons. The average molecular weight is 317 g/mol. The molecular formula is C13H19NO4S2. The number of aromatic carboxylic acids is 1. The highest BCUT2D eigenvalue weighted by Gasteiger charge is 2.27. The highest BCUT2D eigenvalue weighted by molar-refractivity contribution is 7.89. The van der Waals surface area contributed by atoms with Gasteiger partial charge < -0.3 is 5.11 Å². The number of thiophene rings is 1. The molecule has 1 fully saturated rings. The first kappa shape index (κ1) is 15.5. The first-order chi connectivity index (χ1) is 9.31. The normalized spacial score (nSPS) is 23.1. The van der Waals surface area contributed by atoms with Crippen molar-refractivity contribution < 1.29 is 18.3 Å². The van der Waals surface area contributed by atoms with Gasteiger partial charge in [-0.15, -0.1) is 11.3 Å². The van der Waals surface area contributed by atoms with Gasteiger partial charge in [0.2, 0.25) is 10.0 Å². The van der Waals surface area contributed by atoms with Crippen LogP contribution in [0.3, 0.4) is 0 Å². The maximum atomic E-state index is 12.3. The van der Waals surface area contributed by atoms with Gasteiger partial charge in [-0.2, -0.15) is 0 Å². The Kier molecular flexibility index (Phi) is 4.51. The molecule has 5 nitrogen and oxygen atoms in total. The molecule has 0 spiro atoms. The topological polar surface area (TPSA) is 83.5 Å². The molecule has 0 aliphatic heterocycles. The van der Waals surface area contributed by atoms with E-state index < -0.39 is 16.0 Å². The maximum Gasteiger partial charge on any atom is 0.345 e. The Balaban J connectivity index is 2.12. The molecule has 1 aliphatic rings. The summed E-state index contributed by atoms with van der Waals surface area (Å²) in [6.07, 6.45) is 3.34. The minimum atomic E-state index is -3.62. The lowest BCUT2D eigenvalue weighted by Crippen LogP contribution is -2.30. The van der Waals surface area contributed by atoms with Gasteiger partial charge in [-0.05, 0) is 31.2 Å². The minimum absolute atomic E-state index is 0.0529. The molecule has 7 heteroatoms. The number of sulfonamides is 1. The summed E-state index contributed by atoms with van der Waals surface area (Å²) in [5.41, 5.74) is 0. The van der Waals surface area contributed by atoms with E-state index in [1.165, 1.54) is 6.07 Å². The average Bonchev–Trinajstić information content (AvgIpc) is 2.93. The highest BCUT2D eigenvalue weighted by Crippen LogP contribution is 2.31. The van der Waals surface area contributed by atoms with Crippen LogP contribution in [0.2, 0.25) is 0 Å². The second-order valence-electron chi connectivity index (χ2n) is 5.36. The van der Waals surface area contributed by atoms with Gasteiger partial charge in [-0.1, -0.05) is 19.8 Å². The Bertz CT molecular complexity index is 606. The zero-order valence-corrected chi connectivity index (χ0v) is 13.2. The molecule has 1 heterocycles. The molecule has 0 saturated heterocycles. The lowest BCUT2D eigenvalue weighted by molar-refractivity contribution is 0.0702. The summed E-state index contributed by atoms with van der Waals surface area (Å²) in [6.45, 7) is 4.20. The van der Waals surface area contributed by atoms with E-state index in [1.807, 2.05) is 0 Å². The second-order valence-corrected chi connectivity index (χ2v) is 8.35. The third-order valence-electron chi connectivity index (χ3n) is 3.95. The Morgan fingerprint density at radius 1 is 1.50 bits per heavy atom. The van der Waals surface area contributed by atoms with Gasteiger partial charge in [-0.25, -0.2) is 17.9 Å². The number of carboxylic acid groups (broad SMARTS) is 1. The minimum Gasteiger partial charge on any atom is -0.477 e. The standard InChI is InChI=1S/C13H19NO4S2/c1-8-4-3-5-10(8)7-14-20(17,18)12-6-11(13(15)16)19-9(12)2/h6,8,10,14H,3-5,7H2,1-2H3,(H,15,16). The summed E-state index contributed by atoms with van der Waals surface area (Å²) >= 11 is 0.989. The Morgan fingerprint density at radius 3 is 2.70 bits per heavy atom. The van der Waals surface area contributed by atoms with Crippen molar-refractivity contribution in [2.45, 2.75) is 38.0 Å². The molecule has 112 valence electrons. The van der Waals surface area contributed by atoms with E-state index >= 15 is 0 Å². The number of hydrogen-bond donors (Lipinski definition) is 2. The molecule has 1 aromatic rings. The number of hydrogen-bond acceptors (Lipinski definition) is 4. The van der Waals surface area contributed by atoms with Gasteiger partial charge in [0.15, 0.2) is 0 Å². The van der Waals surface area contributed by atoms with E-state index in [2.05, 4.69) is 11.6 Å². The number of carbonyl (C=O) groups is 1. The summed E-state index contributed by atoms with van der Waals surface area (Å²) in [6, 6.07) is 1.24. The van der Waals surface area contributed by atoms with Crippen molar-refractivity contribution in [3.8, 4) is 0 Å². The fourth-order valence-corrected chi connectivity index (χ4v) is 5.18. The summed E-state index contributed by atoms with van der Waals surface area (Å²) in [5.74, 6) is -0.178. The first-order valence-corrected chi connectivity index (χ1v) is 8.94. The molecule has 0 amide bonds. The molecule has 2 rings (SSSR count). The van der Waals surface area contributed by atoms with Crippen LogP contribution in [0.4, 0.5) is 0 Å². The van der Waals surface area contributed by atoms with E-state index in [4.69, 9.17) is 5.11 Å². The van der Waals surface area contributed by atoms with Crippen molar-refractivity contribution in [3.05, 3.63) is 15.8 Å². The third-order valence-corrected chi connectivity index (χ3v) is 6.66. The van der Waals surface area contributed by atoms with Crippen LogP contribution in [0, 0.1) is 18.8 Å². The quantitative estimate of drug-likeness (QED) is 0.874. The van der Waals surface area contributed by atoms with Crippen LogP contribution in [-0.2, 0) is 10.0 Å². The van der Waals surface area contributed by atoms with Gasteiger partial charge in [0, 0.05) is 11.4 Å². The fraction of sp³-hybridized carbons (Fsp3) is 0.615. The van der Waals surface area contributed by atoms with Gasteiger partial charge in [-0.3, -0.25) is 0 Å². The van der Waals surface area contributed by atoms with E-state index in [-0.39, 0.29) is 9.77 Å². The largest absolute Gasteiger partial charge is 0.477 e. The van der Waals surface area contributed by atoms with Crippen molar-refractivity contribution in [1.82, 2.24) is 4.72 Å². The molecule has 2 N–H and O–H groups in total. The van der Waals surface area contributed by atoms with E-state index in [9.17, 15) is 13.2 Å². The smallest absolute Gasteiger partial charge is 0.345 e. The van der Waals surface area contributed by atoms with Crippen molar-refractivity contribution >= 4 is 27.3 Å². The van der Waals surface area contributed by atoms with Gasteiger partial charge in [0.05, 0.1) is 4.90 Å². The molecule has 0 bridgehead atoms. The Morgan fingerprint density at radius 2 is 2.20 bits per heavy atom. The molecule has 1 aromatic heterocycles. The zero-order chi connectivity index (χ0) is 14.9. The second kappa shape index (κ2) is 5.83. The summed E-state index contributed by atoms with van der Waals surface area (Å²) in [5, 5.41) is 8.92. The van der Waals surface area contributed by atoms with Crippen LogP contribution >= 0.6 is 11.3 Å². The Labute approximate surface area is 123 Å². The summed E-state index contributed by atoms with van der Waals surface area (Å²) in [7, 11) is -3.62. The molecule has 1 aliphatic carbocycles. The number of nitrogens with one attached hydrogen (secondary N) is 1. The lowest BCUT2D eigenvalue weighted by Gasteiger charge is -2.15. The van der Waals surface area contributed by atoms with E-state index in [0.717, 1.165) is 30.6 Å². The van der Waals surface area contributed by atoms with Crippen LogP contribution in [0.1, 0.15) is 40.7 Å². The van der Waals surface area contributed by atoms with Gasteiger partial charge in [0.25, 0.3) is 0 Å². The number of aryl methyl sites for hydroxylation is 1. The van der Waals surface area contributed by atoms with Crippen molar-refractivity contribution in [3.63, 3.8) is 0 Å². The van der Waals surface area contributed by atoms with Gasteiger partial charge in [0.1, 0.15) is 4.88 Å². The zero-order valence-electron chi connectivity index (χ0n) is 11.5. The van der Waals surface area contributed by atoms with Crippen LogP contribution in [0.15, 0.2) is 11.0 Å². The molecule has 2 unspecified atom stereocenters. The Hall–Kier alpha value is -0.920. The first-order valence-electron chi connectivity index (χ1n) is 6.64. The maximum absolute atomic E-state index is 12.3. The predicted molar refractivity (Wildman–Crippen MR) is 77.7 cm³/mol. The van der Waals surface area contributed by atoms with E-state index in [1.54, 1.807) is 6.92 Å². The summed E-state index contributed by atoms with van der Waals surface area (Å²) in [4.78, 5) is 11.5. The van der Waals surface area contributed by atoms with Crippen molar-refractivity contribution in [2.24, 2.45) is 11.8 Å². The van der Waals surface area contributed by atoms with Crippen LogP contribution in [-0.4, -0.2) is 26.0 Å². The SMILES string of the molecule is Cc1sc(C(=O)O)cc1S(=O)(=O)NCC1CCCC1C. The molecule has 0 aromatic carbocycles. The highest BCUT2D eigenvalue weighted by atomic mass is 32.2. The van der Waals surface area contributed by atoms with Gasteiger partial charge >= 0.3 is 5.97 Å².